The van der Waals surface area contributed by atoms with Gasteiger partial charge in [0, 0.05) is 0 Å². The lowest BCUT2D eigenvalue weighted by atomic mass is 9.37. The van der Waals surface area contributed by atoms with Gasteiger partial charge in [0.15, 0.2) is 0 Å². The number of rotatable bonds is 5. The third kappa shape index (κ3) is 2.82. The topological polar surface area (TPSA) is 40.5 Å². The SMILES string of the molecule is CCc1ccc(C23CC4CC(CC)(C2)CC(c2ccc(O)c(CC)c2)(C4)C3)cc1O. The molecule has 4 aliphatic rings. The van der Waals surface area contributed by atoms with E-state index in [0.717, 1.165) is 29.9 Å². The van der Waals surface area contributed by atoms with Crippen LogP contribution in [0.5, 0.6) is 11.5 Å². The Morgan fingerprint density at radius 2 is 1.37 bits per heavy atom. The van der Waals surface area contributed by atoms with Crippen LogP contribution in [0.25, 0.3) is 0 Å². The number of hydrogen-bond acceptors (Lipinski definition) is 2. The Labute approximate surface area is 181 Å². The van der Waals surface area contributed by atoms with Crippen molar-refractivity contribution in [3.8, 4) is 11.5 Å². The smallest absolute Gasteiger partial charge is 0.119 e. The number of benzene rings is 2. The summed E-state index contributed by atoms with van der Waals surface area (Å²) < 4.78 is 0. The van der Waals surface area contributed by atoms with Gasteiger partial charge in [0.1, 0.15) is 11.5 Å². The van der Waals surface area contributed by atoms with Crippen LogP contribution in [0.4, 0.5) is 0 Å². The summed E-state index contributed by atoms with van der Waals surface area (Å²) in [5, 5.41) is 21.0. The van der Waals surface area contributed by atoms with Crippen LogP contribution in [0.1, 0.15) is 88.0 Å². The summed E-state index contributed by atoms with van der Waals surface area (Å²) in [7, 11) is 0. The molecule has 2 heteroatoms. The average molecular weight is 405 g/mol. The minimum Gasteiger partial charge on any atom is -0.508 e. The molecule has 160 valence electrons. The summed E-state index contributed by atoms with van der Waals surface area (Å²) in [6.45, 7) is 6.63. The molecule has 30 heavy (non-hydrogen) atoms. The van der Waals surface area contributed by atoms with Crippen LogP contribution in [0, 0.1) is 11.3 Å². The fourth-order valence-electron chi connectivity index (χ4n) is 8.07. The maximum absolute atomic E-state index is 10.7. The summed E-state index contributed by atoms with van der Waals surface area (Å²) in [5.74, 6) is 1.67. The first-order valence-electron chi connectivity index (χ1n) is 12.0. The van der Waals surface area contributed by atoms with E-state index in [2.05, 4.69) is 51.1 Å². The first kappa shape index (κ1) is 20.0. The van der Waals surface area contributed by atoms with Crippen molar-refractivity contribution in [2.45, 2.75) is 89.4 Å². The molecule has 2 nitrogen and oxygen atoms in total. The molecule has 4 bridgehead atoms. The Morgan fingerprint density at radius 3 is 1.97 bits per heavy atom. The maximum Gasteiger partial charge on any atom is 0.119 e. The summed E-state index contributed by atoms with van der Waals surface area (Å²) in [4.78, 5) is 0. The Kier molecular flexibility index (Phi) is 4.51. The highest BCUT2D eigenvalue weighted by Gasteiger charge is 2.63. The molecule has 2 aromatic rings. The van der Waals surface area contributed by atoms with Gasteiger partial charge in [-0.1, -0.05) is 51.5 Å². The molecule has 0 spiro atoms. The van der Waals surface area contributed by atoms with E-state index in [4.69, 9.17) is 0 Å². The Hall–Kier alpha value is -1.96. The van der Waals surface area contributed by atoms with Crippen LogP contribution >= 0.6 is 0 Å². The molecular weight excluding hydrogens is 368 g/mol. The molecule has 0 saturated heterocycles. The lowest BCUT2D eigenvalue weighted by Gasteiger charge is -2.67. The molecule has 0 aliphatic heterocycles. The lowest BCUT2D eigenvalue weighted by Crippen LogP contribution is -2.60. The van der Waals surface area contributed by atoms with E-state index in [1.54, 1.807) is 0 Å². The fourth-order valence-corrected chi connectivity index (χ4v) is 8.07. The van der Waals surface area contributed by atoms with Crippen molar-refractivity contribution in [3.63, 3.8) is 0 Å². The summed E-state index contributed by atoms with van der Waals surface area (Å²) in [6.07, 6.45) is 10.6. The molecule has 0 heterocycles. The molecule has 2 aromatic carbocycles. The molecule has 2 N–H and O–H groups in total. The molecule has 0 radical (unpaired) electrons. The standard InChI is InChI=1S/C28H36O2/c1-4-20-7-8-23(12-25(20)30)28-15-19-13-26(6-3,17-28)16-27(14-19,18-28)22-9-10-24(29)21(5-2)11-22/h7-12,19,29-30H,4-6,13-18H2,1-3H3. The van der Waals surface area contributed by atoms with Crippen molar-refractivity contribution >= 4 is 0 Å². The Balaban J connectivity index is 1.64. The number of hydrogen-bond donors (Lipinski definition) is 2. The van der Waals surface area contributed by atoms with Crippen LogP contribution in [-0.2, 0) is 23.7 Å². The molecule has 4 saturated carbocycles. The minimum absolute atomic E-state index is 0.170. The second-order valence-electron chi connectivity index (χ2n) is 10.8. The molecule has 4 atom stereocenters. The van der Waals surface area contributed by atoms with E-state index < -0.39 is 0 Å². The van der Waals surface area contributed by atoms with Crippen molar-refractivity contribution in [1.29, 1.82) is 0 Å². The minimum atomic E-state index is 0.170. The number of phenolic OH excluding ortho intramolecular Hbond substituents is 2. The van der Waals surface area contributed by atoms with Gasteiger partial charge in [-0.2, -0.15) is 0 Å². The van der Waals surface area contributed by atoms with Gasteiger partial charge >= 0.3 is 0 Å². The van der Waals surface area contributed by atoms with Crippen LogP contribution in [0.2, 0.25) is 0 Å². The monoisotopic (exact) mass is 404 g/mol. The summed E-state index contributed by atoms with van der Waals surface area (Å²) in [6, 6.07) is 13.0. The van der Waals surface area contributed by atoms with Gasteiger partial charge in [-0.05, 0) is 108 Å². The van der Waals surface area contributed by atoms with Gasteiger partial charge in [0.2, 0.25) is 0 Å². The Morgan fingerprint density at radius 1 is 0.733 bits per heavy atom. The Bertz CT molecular complexity index is 979. The highest BCUT2D eigenvalue weighted by molar-refractivity contribution is 5.46. The maximum atomic E-state index is 10.7. The molecule has 6 rings (SSSR count). The molecule has 4 unspecified atom stereocenters. The van der Waals surface area contributed by atoms with Crippen molar-refractivity contribution < 1.29 is 10.2 Å². The summed E-state index contributed by atoms with van der Waals surface area (Å²) in [5.41, 5.74) is 5.70. The van der Waals surface area contributed by atoms with E-state index in [-0.39, 0.29) is 10.8 Å². The fraction of sp³-hybridized carbons (Fsp3) is 0.571. The largest absolute Gasteiger partial charge is 0.508 e. The number of aryl methyl sites for hydroxylation is 2. The van der Waals surface area contributed by atoms with E-state index in [1.807, 2.05) is 6.07 Å². The van der Waals surface area contributed by atoms with Gasteiger partial charge in [-0.25, -0.2) is 0 Å². The van der Waals surface area contributed by atoms with Crippen molar-refractivity contribution in [1.82, 2.24) is 0 Å². The predicted molar refractivity (Wildman–Crippen MR) is 122 cm³/mol. The van der Waals surface area contributed by atoms with Gasteiger partial charge in [0.05, 0.1) is 0 Å². The van der Waals surface area contributed by atoms with Crippen LogP contribution < -0.4 is 0 Å². The van der Waals surface area contributed by atoms with Crippen LogP contribution in [0.3, 0.4) is 0 Å². The lowest BCUT2D eigenvalue weighted by molar-refractivity contribution is -0.0920. The number of phenols is 2. The van der Waals surface area contributed by atoms with Crippen LogP contribution in [0.15, 0.2) is 36.4 Å². The first-order valence-corrected chi connectivity index (χ1v) is 12.0. The molecule has 0 amide bonds. The molecule has 4 aliphatic carbocycles. The van der Waals surface area contributed by atoms with Gasteiger partial charge in [0.25, 0.3) is 0 Å². The van der Waals surface area contributed by atoms with Gasteiger partial charge in [-0.15, -0.1) is 0 Å². The highest BCUT2D eigenvalue weighted by Crippen LogP contribution is 2.71. The second-order valence-corrected chi connectivity index (χ2v) is 10.8. The van der Waals surface area contributed by atoms with Crippen LogP contribution in [-0.4, -0.2) is 10.2 Å². The number of aromatic hydroxyl groups is 2. The van der Waals surface area contributed by atoms with E-state index in [1.165, 1.54) is 56.1 Å². The van der Waals surface area contributed by atoms with E-state index in [0.29, 0.717) is 16.9 Å². The molecular formula is C28H36O2. The zero-order valence-corrected chi connectivity index (χ0v) is 18.8. The van der Waals surface area contributed by atoms with Gasteiger partial charge < -0.3 is 10.2 Å². The average Bonchev–Trinajstić information content (AvgIpc) is 2.73. The molecule has 0 aromatic heterocycles. The second kappa shape index (κ2) is 6.77. The zero-order valence-electron chi connectivity index (χ0n) is 18.8. The molecule has 4 fully saturated rings. The highest BCUT2D eigenvalue weighted by atomic mass is 16.3. The first-order chi connectivity index (χ1) is 14.4. The van der Waals surface area contributed by atoms with Crippen molar-refractivity contribution in [2.75, 3.05) is 0 Å². The normalized spacial score (nSPS) is 34.4. The van der Waals surface area contributed by atoms with Crippen molar-refractivity contribution in [2.24, 2.45) is 11.3 Å². The van der Waals surface area contributed by atoms with E-state index >= 15 is 0 Å². The predicted octanol–water partition coefficient (Wildman–Crippen LogP) is 6.79. The summed E-state index contributed by atoms with van der Waals surface area (Å²) >= 11 is 0. The quantitative estimate of drug-likeness (QED) is 0.576. The van der Waals surface area contributed by atoms with Gasteiger partial charge in [-0.3, -0.25) is 0 Å². The van der Waals surface area contributed by atoms with E-state index in [9.17, 15) is 10.2 Å². The third-order valence-corrected chi connectivity index (χ3v) is 9.09. The zero-order chi connectivity index (χ0) is 21.1. The van der Waals surface area contributed by atoms with Crippen molar-refractivity contribution in [3.05, 3.63) is 58.7 Å². The third-order valence-electron chi connectivity index (χ3n) is 9.09.